The van der Waals surface area contributed by atoms with E-state index in [1.54, 1.807) is 58.2 Å². The van der Waals surface area contributed by atoms with E-state index in [1.807, 2.05) is 0 Å². The predicted octanol–water partition coefficient (Wildman–Crippen LogP) is 4.64. The van der Waals surface area contributed by atoms with Crippen molar-refractivity contribution in [3.05, 3.63) is 59.3 Å². The summed E-state index contributed by atoms with van der Waals surface area (Å²) in [6.07, 6.45) is 2.48. The number of ether oxygens (including phenoxy) is 3. The maximum atomic E-state index is 13.9. The van der Waals surface area contributed by atoms with Gasteiger partial charge in [-0.3, -0.25) is 4.79 Å². The Kier molecular flexibility index (Phi) is 8.81. The first-order valence-corrected chi connectivity index (χ1v) is 11.6. The molecule has 36 heavy (non-hydrogen) atoms. The molecule has 2 aromatic heterocycles. The molecule has 1 atom stereocenters. The van der Waals surface area contributed by atoms with Crippen molar-refractivity contribution in [2.75, 3.05) is 6.61 Å². The monoisotopic (exact) mass is 519 g/mol. The first-order valence-electron chi connectivity index (χ1n) is 11.2. The Morgan fingerprint density at radius 1 is 1.22 bits per heavy atom. The molecule has 1 unspecified atom stereocenters. The molecule has 10 nitrogen and oxygen atoms in total. The predicted molar refractivity (Wildman–Crippen MR) is 129 cm³/mol. The standard InChI is InChI=1S/C24H27ClFN5O5/c1-5-34-21(32)12-16(28-23(33)36-24(2,3)4)11-17-14-31(30-29-17)18-6-8-19(9-7-18)35-22-20(26)10-15(25)13-27-22/h6-10,13-14,16H,5,11-12H2,1-4H3,(H,28,33). The smallest absolute Gasteiger partial charge is 0.407 e. The molecule has 1 N–H and O–H groups in total. The third-order valence-corrected chi connectivity index (χ3v) is 4.73. The van der Waals surface area contributed by atoms with Gasteiger partial charge in [-0.05, 0) is 58.0 Å². The molecule has 0 spiro atoms. The highest BCUT2D eigenvalue weighted by Gasteiger charge is 2.23. The minimum Gasteiger partial charge on any atom is -0.466 e. The van der Waals surface area contributed by atoms with E-state index in [4.69, 9.17) is 25.8 Å². The second-order valence-electron chi connectivity index (χ2n) is 8.75. The third kappa shape index (κ3) is 8.19. The number of hydrogen-bond donors (Lipinski definition) is 1. The number of carbonyl (C=O) groups excluding carboxylic acids is 2. The molecular formula is C24H27ClFN5O5. The molecule has 192 valence electrons. The van der Waals surface area contributed by atoms with Crippen LogP contribution in [0.5, 0.6) is 11.6 Å². The van der Waals surface area contributed by atoms with Gasteiger partial charge in [0.15, 0.2) is 5.82 Å². The Morgan fingerprint density at radius 3 is 2.58 bits per heavy atom. The van der Waals surface area contributed by atoms with Crippen molar-refractivity contribution in [2.24, 2.45) is 0 Å². The second-order valence-corrected chi connectivity index (χ2v) is 9.18. The maximum Gasteiger partial charge on any atom is 0.407 e. The van der Waals surface area contributed by atoms with Gasteiger partial charge < -0.3 is 19.5 Å². The first kappa shape index (κ1) is 26.9. The number of alkyl carbamates (subject to hydrolysis) is 1. The molecule has 3 aromatic rings. The van der Waals surface area contributed by atoms with Crippen LogP contribution >= 0.6 is 11.6 Å². The normalized spacial score (nSPS) is 12.1. The Balaban J connectivity index is 1.68. The molecule has 0 bridgehead atoms. The number of benzene rings is 1. The summed E-state index contributed by atoms with van der Waals surface area (Å²) >= 11 is 5.71. The molecule has 0 saturated carbocycles. The molecular weight excluding hydrogens is 493 g/mol. The molecule has 12 heteroatoms. The largest absolute Gasteiger partial charge is 0.466 e. The van der Waals surface area contributed by atoms with Crippen molar-refractivity contribution in [1.29, 1.82) is 0 Å². The van der Waals surface area contributed by atoms with Gasteiger partial charge in [0, 0.05) is 18.7 Å². The SMILES string of the molecule is CCOC(=O)CC(Cc1cn(-c2ccc(Oc3ncc(Cl)cc3F)cc2)nn1)NC(=O)OC(C)(C)C. The average Bonchev–Trinajstić information content (AvgIpc) is 3.23. The van der Waals surface area contributed by atoms with Gasteiger partial charge in [-0.25, -0.2) is 18.9 Å². The van der Waals surface area contributed by atoms with E-state index in [0.717, 1.165) is 6.07 Å². The molecule has 1 amide bonds. The van der Waals surface area contributed by atoms with Crippen LogP contribution in [-0.4, -0.2) is 50.3 Å². The van der Waals surface area contributed by atoms with Crippen molar-refractivity contribution >= 4 is 23.7 Å². The quantitative estimate of drug-likeness (QED) is 0.406. The number of pyridine rings is 1. The molecule has 0 radical (unpaired) electrons. The molecule has 0 aliphatic carbocycles. The summed E-state index contributed by atoms with van der Waals surface area (Å²) in [7, 11) is 0. The number of nitrogens with zero attached hydrogens (tertiary/aromatic N) is 4. The highest BCUT2D eigenvalue weighted by molar-refractivity contribution is 6.30. The Hall–Kier alpha value is -3.73. The first-order chi connectivity index (χ1) is 17.0. The lowest BCUT2D eigenvalue weighted by molar-refractivity contribution is -0.143. The van der Waals surface area contributed by atoms with E-state index in [-0.39, 0.29) is 30.4 Å². The summed E-state index contributed by atoms with van der Waals surface area (Å²) < 4.78 is 31.2. The zero-order valence-electron chi connectivity index (χ0n) is 20.3. The van der Waals surface area contributed by atoms with E-state index in [2.05, 4.69) is 20.6 Å². The highest BCUT2D eigenvalue weighted by atomic mass is 35.5. The van der Waals surface area contributed by atoms with Crippen LogP contribution in [0.2, 0.25) is 5.02 Å². The molecule has 1 aromatic carbocycles. The minimum absolute atomic E-state index is 0.0543. The molecule has 0 fully saturated rings. The third-order valence-electron chi connectivity index (χ3n) is 4.53. The van der Waals surface area contributed by atoms with Crippen LogP contribution in [0.1, 0.15) is 39.8 Å². The second kappa shape index (κ2) is 11.8. The minimum atomic E-state index is -0.688. The number of hydrogen-bond acceptors (Lipinski definition) is 8. The van der Waals surface area contributed by atoms with E-state index >= 15 is 0 Å². The fourth-order valence-electron chi connectivity index (χ4n) is 3.10. The summed E-state index contributed by atoms with van der Waals surface area (Å²) in [4.78, 5) is 28.1. The molecule has 2 heterocycles. The lowest BCUT2D eigenvalue weighted by atomic mass is 10.1. The van der Waals surface area contributed by atoms with Crippen LogP contribution in [0, 0.1) is 5.82 Å². The van der Waals surface area contributed by atoms with Crippen molar-refractivity contribution in [2.45, 2.75) is 52.2 Å². The van der Waals surface area contributed by atoms with Crippen LogP contribution in [-0.2, 0) is 20.7 Å². The van der Waals surface area contributed by atoms with Gasteiger partial charge in [-0.1, -0.05) is 16.8 Å². The van der Waals surface area contributed by atoms with Gasteiger partial charge >= 0.3 is 12.1 Å². The fraction of sp³-hybridized carbons (Fsp3) is 0.375. The highest BCUT2D eigenvalue weighted by Crippen LogP contribution is 2.25. The van der Waals surface area contributed by atoms with Crippen molar-refractivity contribution < 1.29 is 28.2 Å². The number of halogens is 2. The summed E-state index contributed by atoms with van der Waals surface area (Å²) in [6, 6.07) is 7.16. The number of aromatic nitrogens is 4. The maximum absolute atomic E-state index is 13.9. The Labute approximate surface area is 212 Å². The molecule has 0 aliphatic heterocycles. The summed E-state index contributed by atoms with van der Waals surface area (Å²) in [5, 5.41) is 11.1. The average molecular weight is 520 g/mol. The fourth-order valence-corrected chi connectivity index (χ4v) is 3.24. The number of nitrogens with one attached hydrogen (secondary N) is 1. The number of esters is 1. The van der Waals surface area contributed by atoms with E-state index in [1.165, 1.54) is 10.9 Å². The number of amides is 1. The van der Waals surface area contributed by atoms with E-state index < -0.39 is 29.5 Å². The molecule has 0 saturated heterocycles. The van der Waals surface area contributed by atoms with Crippen molar-refractivity contribution in [3.63, 3.8) is 0 Å². The molecule has 3 rings (SSSR count). The van der Waals surface area contributed by atoms with Crippen LogP contribution < -0.4 is 10.1 Å². The number of rotatable bonds is 9. The van der Waals surface area contributed by atoms with Crippen LogP contribution in [0.25, 0.3) is 5.69 Å². The van der Waals surface area contributed by atoms with E-state index in [0.29, 0.717) is 17.1 Å². The lowest BCUT2D eigenvalue weighted by Crippen LogP contribution is -2.41. The summed E-state index contributed by atoms with van der Waals surface area (Å²) in [5.74, 6) is -0.956. The summed E-state index contributed by atoms with van der Waals surface area (Å²) in [5.41, 5.74) is 0.508. The van der Waals surface area contributed by atoms with Gasteiger partial charge in [-0.15, -0.1) is 5.10 Å². The van der Waals surface area contributed by atoms with Gasteiger partial charge in [0.25, 0.3) is 5.88 Å². The van der Waals surface area contributed by atoms with Crippen LogP contribution in [0.4, 0.5) is 9.18 Å². The van der Waals surface area contributed by atoms with Gasteiger partial charge in [-0.2, -0.15) is 0 Å². The van der Waals surface area contributed by atoms with Gasteiger partial charge in [0.1, 0.15) is 11.4 Å². The van der Waals surface area contributed by atoms with Crippen LogP contribution in [0.15, 0.2) is 42.7 Å². The topological polar surface area (TPSA) is 117 Å². The van der Waals surface area contributed by atoms with Crippen LogP contribution in [0.3, 0.4) is 0 Å². The van der Waals surface area contributed by atoms with Gasteiger partial charge in [0.2, 0.25) is 0 Å². The summed E-state index contributed by atoms with van der Waals surface area (Å²) in [6.45, 7) is 7.18. The molecule has 0 aliphatic rings. The lowest BCUT2D eigenvalue weighted by Gasteiger charge is -2.23. The zero-order chi connectivity index (χ0) is 26.3. The zero-order valence-corrected chi connectivity index (χ0v) is 21.1. The Morgan fingerprint density at radius 2 is 1.94 bits per heavy atom. The van der Waals surface area contributed by atoms with Crippen molar-refractivity contribution in [1.82, 2.24) is 25.3 Å². The Bertz CT molecular complexity index is 1200. The van der Waals surface area contributed by atoms with E-state index in [9.17, 15) is 14.0 Å². The number of carbonyl (C=O) groups is 2. The van der Waals surface area contributed by atoms with Crippen molar-refractivity contribution in [3.8, 4) is 17.3 Å². The van der Waals surface area contributed by atoms with Gasteiger partial charge in [0.05, 0.1) is 35.6 Å².